The van der Waals surface area contributed by atoms with Gasteiger partial charge in [-0.3, -0.25) is 9.89 Å². The molecule has 4 rings (SSSR count). The average Bonchev–Trinajstić information content (AvgIpc) is 3.33. The molecule has 0 radical (unpaired) electrons. The molecule has 0 saturated carbocycles. The predicted molar refractivity (Wildman–Crippen MR) is 143 cm³/mol. The fraction of sp³-hybridized carbons (Fsp3) is 0.792. The number of aliphatic imine (C=N–C) groups is 1. The van der Waals surface area contributed by atoms with Crippen LogP contribution in [0.5, 0.6) is 0 Å². The standard InChI is InChI=1S/C24H40N4O2S.HI/c1-25-24(26-16-20-6-4-11-27(17-20)18-23-8-5-15-31-23)28-12-9-21(10-13-28)30-19-22-7-2-3-14-29-22;/h5,8,15,20-22H,2-4,6-7,9-14,16-19H2,1H3,(H,25,26);1H. The van der Waals surface area contributed by atoms with E-state index in [2.05, 4.69) is 37.6 Å². The molecular weight excluding hydrogens is 535 g/mol. The van der Waals surface area contributed by atoms with Crippen LogP contribution in [-0.2, 0) is 16.0 Å². The molecule has 3 aliphatic heterocycles. The van der Waals surface area contributed by atoms with Gasteiger partial charge in [0.15, 0.2) is 5.96 Å². The van der Waals surface area contributed by atoms with Gasteiger partial charge in [0.2, 0.25) is 0 Å². The normalized spacial score (nSPS) is 26.0. The molecule has 0 aliphatic carbocycles. The van der Waals surface area contributed by atoms with Crippen LogP contribution in [0.2, 0.25) is 0 Å². The van der Waals surface area contributed by atoms with E-state index >= 15 is 0 Å². The Hall–Kier alpha value is -0.420. The molecule has 1 aromatic rings. The van der Waals surface area contributed by atoms with Gasteiger partial charge in [0.05, 0.1) is 18.8 Å². The molecule has 0 spiro atoms. The topological polar surface area (TPSA) is 49.3 Å². The second kappa shape index (κ2) is 14.1. The van der Waals surface area contributed by atoms with Crippen molar-refractivity contribution in [2.75, 3.05) is 53.0 Å². The summed E-state index contributed by atoms with van der Waals surface area (Å²) >= 11 is 1.87. The smallest absolute Gasteiger partial charge is 0.193 e. The minimum Gasteiger partial charge on any atom is -0.376 e. The van der Waals surface area contributed by atoms with Crippen molar-refractivity contribution in [3.05, 3.63) is 22.4 Å². The highest BCUT2D eigenvalue weighted by atomic mass is 127. The molecule has 182 valence electrons. The lowest BCUT2D eigenvalue weighted by Crippen LogP contribution is -2.49. The Morgan fingerprint density at radius 1 is 1.19 bits per heavy atom. The molecule has 2 unspecified atom stereocenters. The average molecular weight is 577 g/mol. The molecule has 0 bridgehead atoms. The van der Waals surface area contributed by atoms with E-state index in [0.717, 1.165) is 64.6 Å². The van der Waals surface area contributed by atoms with Crippen LogP contribution in [0.15, 0.2) is 22.5 Å². The molecular formula is C24H41IN4O2S. The molecule has 4 heterocycles. The van der Waals surface area contributed by atoms with Gasteiger partial charge in [-0.25, -0.2) is 0 Å². The van der Waals surface area contributed by atoms with Crippen LogP contribution in [0.4, 0.5) is 0 Å². The number of nitrogens with zero attached hydrogens (tertiary/aromatic N) is 3. The van der Waals surface area contributed by atoms with Gasteiger partial charge in [-0.1, -0.05) is 6.07 Å². The SMILES string of the molecule is CN=C(NCC1CCCN(Cc2cccs2)C1)N1CCC(OCC2CCCCO2)CC1.I. The number of hydrogen-bond donors (Lipinski definition) is 1. The van der Waals surface area contributed by atoms with E-state index in [4.69, 9.17) is 9.47 Å². The highest BCUT2D eigenvalue weighted by Crippen LogP contribution is 2.21. The fourth-order valence-corrected chi connectivity index (χ4v) is 5.82. The Kier molecular flexibility index (Phi) is 11.5. The quantitative estimate of drug-likeness (QED) is 0.300. The molecule has 3 fully saturated rings. The number of nitrogens with one attached hydrogen (secondary N) is 1. The third-order valence-corrected chi connectivity index (χ3v) is 7.72. The van der Waals surface area contributed by atoms with Crippen molar-refractivity contribution in [3.63, 3.8) is 0 Å². The third kappa shape index (κ3) is 8.11. The molecule has 0 amide bonds. The zero-order valence-corrected chi connectivity index (χ0v) is 22.7. The zero-order valence-electron chi connectivity index (χ0n) is 19.5. The predicted octanol–water partition coefficient (Wildman–Crippen LogP) is 4.20. The highest BCUT2D eigenvalue weighted by molar-refractivity contribution is 14.0. The number of hydrogen-bond acceptors (Lipinski definition) is 5. The monoisotopic (exact) mass is 576 g/mol. The van der Waals surface area contributed by atoms with Gasteiger partial charge < -0.3 is 19.7 Å². The second-order valence-electron chi connectivity index (χ2n) is 9.26. The molecule has 1 N–H and O–H groups in total. The number of piperidine rings is 2. The van der Waals surface area contributed by atoms with Crippen molar-refractivity contribution in [1.29, 1.82) is 0 Å². The highest BCUT2D eigenvalue weighted by Gasteiger charge is 2.25. The summed E-state index contributed by atoms with van der Waals surface area (Å²) in [5.41, 5.74) is 0. The first-order valence-corrected chi connectivity index (χ1v) is 13.1. The number of thiophene rings is 1. The summed E-state index contributed by atoms with van der Waals surface area (Å²) in [6.45, 7) is 8.23. The first-order valence-electron chi connectivity index (χ1n) is 12.2. The van der Waals surface area contributed by atoms with E-state index in [1.807, 2.05) is 18.4 Å². The number of likely N-dealkylation sites (tertiary alicyclic amines) is 2. The molecule has 8 heteroatoms. The summed E-state index contributed by atoms with van der Waals surface area (Å²) < 4.78 is 12.0. The van der Waals surface area contributed by atoms with Crippen molar-refractivity contribution in [2.45, 2.75) is 63.7 Å². The van der Waals surface area contributed by atoms with Crippen molar-refractivity contribution in [3.8, 4) is 0 Å². The minimum absolute atomic E-state index is 0. The Morgan fingerprint density at radius 3 is 2.78 bits per heavy atom. The fourth-order valence-electron chi connectivity index (χ4n) is 5.07. The van der Waals surface area contributed by atoms with Gasteiger partial charge in [0, 0.05) is 51.3 Å². The van der Waals surface area contributed by atoms with Crippen LogP contribution in [0.3, 0.4) is 0 Å². The van der Waals surface area contributed by atoms with E-state index in [1.54, 1.807) is 0 Å². The number of ether oxygens (including phenoxy) is 2. The van der Waals surface area contributed by atoms with Gasteiger partial charge in [-0.15, -0.1) is 35.3 Å². The van der Waals surface area contributed by atoms with E-state index in [1.165, 1.54) is 43.6 Å². The lowest BCUT2D eigenvalue weighted by atomic mass is 9.98. The molecule has 2 atom stereocenters. The van der Waals surface area contributed by atoms with Crippen molar-refractivity contribution < 1.29 is 9.47 Å². The molecule has 3 saturated heterocycles. The van der Waals surface area contributed by atoms with Crippen LogP contribution < -0.4 is 5.32 Å². The van der Waals surface area contributed by atoms with Crippen LogP contribution >= 0.6 is 35.3 Å². The largest absolute Gasteiger partial charge is 0.376 e. The van der Waals surface area contributed by atoms with Gasteiger partial charge in [-0.05, 0) is 68.9 Å². The zero-order chi connectivity index (χ0) is 21.3. The maximum atomic E-state index is 6.18. The lowest BCUT2D eigenvalue weighted by molar-refractivity contribution is -0.0721. The summed E-state index contributed by atoms with van der Waals surface area (Å²) in [5, 5.41) is 5.86. The summed E-state index contributed by atoms with van der Waals surface area (Å²) in [7, 11) is 1.91. The van der Waals surface area contributed by atoms with E-state index in [-0.39, 0.29) is 24.0 Å². The van der Waals surface area contributed by atoms with Crippen LogP contribution in [0.1, 0.15) is 49.8 Å². The van der Waals surface area contributed by atoms with Gasteiger partial charge in [0.25, 0.3) is 0 Å². The maximum Gasteiger partial charge on any atom is 0.193 e. The van der Waals surface area contributed by atoms with Gasteiger partial charge in [0.1, 0.15) is 0 Å². The summed E-state index contributed by atoms with van der Waals surface area (Å²) in [5.74, 6) is 1.76. The second-order valence-corrected chi connectivity index (χ2v) is 10.3. The van der Waals surface area contributed by atoms with Crippen LogP contribution in [0, 0.1) is 5.92 Å². The Bertz CT molecular complexity index is 661. The minimum atomic E-state index is 0. The summed E-state index contributed by atoms with van der Waals surface area (Å²) in [4.78, 5) is 11.1. The lowest BCUT2D eigenvalue weighted by Gasteiger charge is -2.36. The van der Waals surface area contributed by atoms with E-state index < -0.39 is 0 Å². The van der Waals surface area contributed by atoms with Gasteiger partial charge >= 0.3 is 0 Å². The summed E-state index contributed by atoms with van der Waals surface area (Å²) in [6.07, 6.45) is 9.07. The Labute approximate surface area is 215 Å². The van der Waals surface area contributed by atoms with Gasteiger partial charge in [-0.2, -0.15) is 0 Å². The number of halogens is 1. The van der Waals surface area contributed by atoms with Crippen molar-refractivity contribution in [2.24, 2.45) is 10.9 Å². The van der Waals surface area contributed by atoms with Crippen molar-refractivity contribution in [1.82, 2.24) is 15.1 Å². The molecule has 3 aliphatic rings. The van der Waals surface area contributed by atoms with Crippen LogP contribution in [0.25, 0.3) is 0 Å². The first-order chi connectivity index (χ1) is 15.3. The van der Waals surface area contributed by atoms with E-state index in [0.29, 0.717) is 18.1 Å². The molecule has 32 heavy (non-hydrogen) atoms. The van der Waals surface area contributed by atoms with Crippen molar-refractivity contribution >= 4 is 41.3 Å². The molecule has 6 nitrogen and oxygen atoms in total. The molecule has 1 aromatic heterocycles. The first kappa shape index (κ1) is 26.2. The third-order valence-electron chi connectivity index (χ3n) is 6.86. The molecule has 0 aromatic carbocycles. The number of rotatable bonds is 7. The maximum absolute atomic E-state index is 6.18. The van der Waals surface area contributed by atoms with Crippen LogP contribution in [-0.4, -0.2) is 81.0 Å². The Balaban J connectivity index is 0.00000289. The summed E-state index contributed by atoms with van der Waals surface area (Å²) in [6, 6.07) is 4.41. The van der Waals surface area contributed by atoms with E-state index in [9.17, 15) is 0 Å². The Morgan fingerprint density at radius 2 is 2.06 bits per heavy atom. The number of guanidine groups is 1.